The van der Waals surface area contributed by atoms with Crippen LogP contribution in [0.15, 0.2) is 0 Å². The number of unbranched alkanes of at least 4 members (excludes halogenated alkanes) is 42. The van der Waals surface area contributed by atoms with E-state index in [2.05, 4.69) is 55.4 Å². The summed E-state index contributed by atoms with van der Waals surface area (Å²) in [5.41, 5.74) is 0. The number of carbonyl (C=O) groups excluding carboxylic acids is 4. The van der Waals surface area contributed by atoms with Crippen molar-refractivity contribution in [2.24, 2.45) is 23.7 Å². The van der Waals surface area contributed by atoms with Crippen LogP contribution in [0.2, 0.25) is 0 Å². The zero-order valence-corrected chi connectivity index (χ0v) is 66.9. The van der Waals surface area contributed by atoms with Crippen LogP contribution >= 0.6 is 15.6 Å². The zero-order valence-electron chi connectivity index (χ0n) is 65.1. The van der Waals surface area contributed by atoms with Crippen LogP contribution in [-0.4, -0.2) is 96.7 Å². The van der Waals surface area contributed by atoms with Gasteiger partial charge in [-0.05, 0) is 49.4 Å². The quantitative estimate of drug-likeness (QED) is 0.0222. The Bertz CT molecular complexity index is 1940. The van der Waals surface area contributed by atoms with Crippen LogP contribution in [0.4, 0.5) is 0 Å². The van der Waals surface area contributed by atoms with Crippen molar-refractivity contribution in [3.05, 3.63) is 0 Å². The highest BCUT2D eigenvalue weighted by Gasteiger charge is 2.30. The molecule has 0 saturated carbocycles. The number of aliphatic hydroxyl groups is 1. The Hall–Kier alpha value is -1.94. The van der Waals surface area contributed by atoms with Gasteiger partial charge >= 0.3 is 39.5 Å². The predicted octanol–water partition coefficient (Wildman–Crippen LogP) is 23.6. The molecule has 17 nitrogen and oxygen atoms in total. The van der Waals surface area contributed by atoms with Gasteiger partial charge in [-0.3, -0.25) is 37.3 Å². The molecule has 0 heterocycles. The summed E-state index contributed by atoms with van der Waals surface area (Å²) >= 11 is 0. The maximum atomic E-state index is 13.1. The molecule has 0 aliphatic carbocycles. The zero-order chi connectivity index (χ0) is 73.1. The highest BCUT2D eigenvalue weighted by molar-refractivity contribution is 7.47. The number of aliphatic hydroxyl groups excluding tert-OH is 1. The van der Waals surface area contributed by atoms with E-state index in [-0.39, 0.29) is 25.7 Å². The van der Waals surface area contributed by atoms with Crippen molar-refractivity contribution in [3.63, 3.8) is 0 Å². The number of phosphoric acid groups is 2. The molecule has 0 saturated heterocycles. The second-order valence-electron chi connectivity index (χ2n) is 30.5. The van der Waals surface area contributed by atoms with Gasteiger partial charge in [0.05, 0.1) is 26.4 Å². The molecule has 0 aromatic rings. The Morgan fingerprint density at radius 2 is 0.485 bits per heavy atom. The molecule has 99 heavy (non-hydrogen) atoms. The molecule has 0 aliphatic heterocycles. The molecule has 0 rings (SSSR count). The molecule has 6 atom stereocenters. The molecule has 4 unspecified atom stereocenters. The average Bonchev–Trinajstić information content (AvgIpc) is 1.37. The van der Waals surface area contributed by atoms with Crippen molar-refractivity contribution in [2.75, 3.05) is 39.6 Å². The van der Waals surface area contributed by atoms with E-state index in [1.54, 1.807) is 0 Å². The van der Waals surface area contributed by atoms with Gasteiger partial charge in [-0.15, -0.1) is 0 Å². The molecular formula is C80H156O17P2. The fourth-order valence-corrected chi connectivity index (χ4v) is 13.8. The van der Waals surface area contributed by atoms with Gasteiger partial charge in [0.2, 0.25) is 0 Å². The van der Waals surface area contributed by atoms with Crippen molar-refractivity contribution in [2.45, 2.75) is 427 Å². The van der Waals surface area contributed by atoms with Gasteiger partial charge in [0.1, 0.15) is 19.3 Å². The Labute approximate surface area is 607 Å². The molecule has 0 radical (unpaired) electrons. The second-order valence-corrected chi connectivity index (χ2v) is 33.4. The van der Waals surface area contributed by atoms with Gasteiger partial charge in [-0.25, -0.2) is 9.13 Å². The third kappa shape index (κ3) is 72.8. The monoisotopic (exact) mass is 1450 g/mol. The second kappa shape index (κ2) is 69.1. The van der Waals surface area contributed by atoms with Gasteiger partial charge < -0.3 is 33.8 Å². The van der Waals surface area contributed by atoms with Crippen molar-refractivity contribution in [1.29, 1.82) is 0 Å². The Kier molecular flexibility index (Phi) is 67.8. The lowest BCUT2D eigenvalue weighted by Gasteiger charge is -2.21. The molecule has 19 heteroatoms. The third-order valence-corrected chi connectivity index (χ3v) is 20.8. The normalized spacial score (nSPS) is 14.3. The van der Waals surface area contributed by atoms with Crippen LogP contribution in [0.5, 0.6) is 0 Å². The first-order chi connectivity index (χ1) is 47.6. The van der Waals surface area contributed by atoms with Gasteiger partial charge in [-0.1, -0.05) is 357 Å². The lowest BCUT2D eigenvalue weighted by atomic mass is 10.00. The molecule has 0 spiro atoms. The van der Waals surface area contributed by atoms with Gasteiger partial charge in [0.15, 0.2) is 12.2 Å². The molecule has 588 valence electrons. The number of hydrogen-bond acceptors (Lipinski definition) is 15. The van der Waals surface area contributed by atoms with E-state index < -0.39 is 97.5 Å². The fraction of sp³-hybridized carbons (Fsp3) is 0.950. The Morgan fingerprint density at radius 1 is 0.283 bits per heavy atom. The minimum absolute atomic E-state index is 0.103. The van der Waals surface area contributed by atoms with Gasteiger partial charge in [0.25, 0.3) is 0 Å². The first-order valence-electron chi connectivity index (χ1n) is 41.2. The van der Waals surface area contributed by atoms with E-state index in [9.17, 15) is 43.2 Å². The molecule has 0 fully saturated rings. The molecule has 3 N–H and O–H groups in total. The van der Waals surface area contributed by atoms with E-state index in [1.165, 1.54) is 205 Å². The summed E-state index contributed by atoms with van der Waals surface area (Å²) in [7, 11) is -9.92. The number of carbonyl (C=O) groups is 4. The summed E-state index contributed by atoms with van der Waals surface area (Å²) in [5.74, 6) is 0.930. The number of rotatable bonds is 77. The summed E-state index contributed by atoms with van der Waals surface area (Å²) in [6, 6.07) is 0. The van der Waals surface area contributed by atoms with Crippen LogP contribution in [-0.2, 0) is 65.4 Å². The van der Waals surface area contributed by atoms with E-state index >= 15 is 0 Å². The fourth-order valence-electron chi connectivity index (χ4n) is 12.2. The molecule has 0 amide bonds. The number of ether oxygens (including phenoxy) is 4. The topological polar surface area (TPSA) is 237 Å². The maximum Gasteiger partial charge on any atom is 0.472 e. The Balaban J connectivity index is 5.14. The highest BCUT2D eigenvalue weighted by atomic mass is 31.2. The summed E-state index contributed by atoms with van der Waals surface area (Å²) < 4.78 is 68.6. The van der Waals surface area contributed by atoms with E-state index in [0.717, 1.165) is 114 Å². The lowest BCUT2D eigenvalue weighted by Crippen LogP contribution is -2.30. The van der Waals surface area contributed by atoms with Crippen molar-refractivity contribution in [1.82, 2.24) is 0 Å². The smallest absolute Gasteiger partial charge is 0.462 e. The molecule has 0 aliphatic rings. The van der Waals surface area contributed by atoms with Crippen molar-refractivity contribution in [3.8, 4) is 0 Å². The summed E-state index contributed by atoms with van der Waals surface area (Å²) in [6.45, 7) is 14.2. The SMILES string of the molecule is CCC(C)CCCCCCCCC(=O)O[C@H](COC(=O)CCCCCCCCCCCCCCCCCCCCC(C)C)COP(=O)(O)OCC(O)COP(=O)(O)OC[C@@H](COC(=O)CCCCCCCCCC(C)C)OC(=O)CCCCCCCCCCCCCCCCCC(C)C. The minimum Gasteiger partial charge on any atom is -0.462 e. The van der Waals surface area contributed by atoms with Crippen LogP contribution in [0.1, 0.15) is 409 Å². The van der Waals surface area contributed by atoms with Crippen LogP contribution < -0.4 is 0 Å². The standard InChI is InChI=1S/C80H156O17P2/c1-9-73(8)59-51-43-38-39-47-55-63-80(85)97-76(67-90-77(82)60-52-44-35-29-25-21-17-13-11-10-12-15-19-23-27-32-40-48-56-70(2)3)69-95-99(88,89)93-65-74(81)64-92-98(86,87)94-68-75(66-91-78(83)61-53-45-37-31-34-42-50-58-72(6)7)96-79(84)62-54-46-36-30-26-22-18-14-16-20-24-28-33-41-49-57-71(4)5/h70-76,81H,9-69H2,1-8H3,(H,86,87)(H,88,89)/t73?,74?,75-,76-/m1/s1. The van der Waals surface area contributed by atoms with Gasteiger partial charge in [0, 0.05) is 25.7 Å². The third-order valence-electron chi connectivity index (χ3n) is 18.9. The van der Waals surface area contributed by atoms with Crippen LogP contribution in [0.25, 0.3) is 0 Å². The maximum absolute atomic E-state index is 13.1. The largest absolute Gasteiger partial charge is 0.472 e. The first kappa shape index (κ1) is 97.1. The van der Waals surface area contributed by atoms with Crippen molar-refractivity contribution < 1.29 is 80.2 Å². The number of phosphoric ester groups is 2. The minimum atomic E-state index is -4.96. The summed E-state index contributed by atoms with van der Waals surface area (Å²) in [6.07, 6.45) is 55.8. The summed E-state index contributed by atoms with van der Waals surface area (Å²) in [5, 5.41) is 10.6. The van der Waals surface area contributed by atoms with E-state index in [1.807, 2.05) is 0 Å². The molecule has 0 aromatic heterocycles. The number of hydrogen-bond donors (Lipinski definition) is 3. The number of esters is 4. The molecule has 0 aromatic carbocycles. The Morgan fingerprint density at radius 3 is 0.717 bits per heavy atom. The lowest BCUT2D eigenvalue weighted by molar-refractivity contribution is -0.161. The summed E-state index contributed by atoms with van der Waals surface area (Å²) in [4.78, 5) is 72.9. The van der Waals surface area contributed by atoms with Gasteiger partial charge in [-0.2, -0.15) is 0 Å². The van der Waals surface area contributed by atoms with Crippen molar-refractivity contribution >= 4 is 39.5 Å². The van der Waals surface area contributed by atoms with E-state index in [0.29, 0.717) is 31.6 Å². The highest BCUT2D eigenvalue weighted by Crippen LogP contribution is 2.45. The first-order valence-corrected chi connectivity index (χ1v) is 44.2. The van der Waals surface area contributed by atoms with Crippen LogP contribution in [0.3, 0.4) is 0 Å². The predicted molar refractivity (Wildman–Crippen MR) is 404 cm³/mol. The molecule has 0 bridgehead atoms. The average molecular weight is 1450 g/mol. The molecular weight excluding hydrogens is 1290 g/mol. The van der Waals surface area contributed by atoms with E-state index in [4.69, 9.17) is 37.0 Å². The van der Waals surface area contributed by atoms with Crippen LogP contribution in [0, 0.1) is 23.7 Å².